The summed E-state index contributed by atoms with van der Waals surface area (Å²) >= 11 is 5.93. The second-order valence-electron chi connectivity index (χ2n) is 3.01. The first-order valence-corrected chi connectivity index (χ1v) is 6.64. The molecule has 0 aliphatic rings. The molecule has 78 valence electrons. The molecule has 0 saturated heterocycles. The van der Waals surface area contributed by atoms with Crippen LogP contribution < -0.4 is 0 Å². The molecule has 1 unspecified atom stereocenters. The van der Waals surface area contributed by atoms with E-state index in [2.05, 4.69) is 12.1 Å². The minimum absolute atomic E-state index is 0.216. The SMILES string of the molecule is CO[SiH](OC)C(CCl)c1ccccc1. The zero-order chi connectivity index (χ0) is 10.4. The Labute approximate surface area is 91.6 Å². The van der Waals surface area contributed by atoms with Crippen LogP contribution in [0.15, 0.2) is 30.3 Å². The predicted octanol–water partition coefficient (Wildman–Crippen LogP) is 2.06. The van der Waals surface area contributed by atoms with Gasteiger partial charge in [0.25, 0.3) is 0 Å². The van der Waals surface area contributed by atoms with Gasteiger partial charge in [-0.3, -0.25) is 0 Å². The van der Waals surface area contributed by atoms with E-state index in [4.69, 9.17) is 20.5 Å². The van der Waals surface area contributed by atoms with Gasteiger partial charge in [-0.25, -0.2) is 0 Å². The van der Waals surface area contributed by atoms with E-state index >= 15 is 0 Å². The van der Waals surface area contributed by atoms with Crippen LogP contribution in [0.4, 0.5) is 0 Å². The van der Waals surface area contributed by atoms with Gasteiger partial charge in [0.2, 0.25) is 0 Å². The highest BCUT2D eigenvalue weighted by Gasteiger charge is 2.24. The van der Waals surface area contributed by atoms with Gasteiger partial charge in [0.1, 0.15) is 0 Å². The lowest BCUT2D eigenvalue weighted by atomic mass is 10.2. The summed E-state index contributed by atoms with van der Waals surface area (Å²) in [7, 11) is 1.70. The van der Waals surface area contributed by atoms with Crippen molar-refractivity contribution in [1.82, 2.24) is 0 Å². The fourth-order valence-electron chi connectivity index (χ4n) is 1.44. The summed E-state index contributed by atoms with van der Waals surface area (Å²) in [5.74, 6) is 0.544. The van der Waals surface area contributed by atoms with Gasteiger partial charge in [-0.15, -0.1) is 11.6 Å². The maximum atomic E-state index is 5.93. The molecular formula is C10H15ClO2Si. The summed E-state index contributed by atoms with van der Waals surface area (Å²) in [6, 6.07) is 10.1. The minimum atomic E-state index is -1.67. The molecule has 0 N–H and O–H groups in total. The van der Waals surface area contributed by atoms with Crippen LogP contribution in [0.1, 0.15) is 11.1 Å². The Kier molecular flexibility index (Phi) is 5.18. The molecular weight excluding hydrogens is 216 g/mol. The molecule has 0 spiro atoms. The second kappa shape index (κ2) is 6.19. The topological polar surface area (TPSA) is 18.5 Å². The Bertz CT molecular complexity index is 252. The van der Waals surface area contributed by atoms with Gasteiger partial charge in [0.15, 0.2) is 0 Å². The van der Waals surface area contributed by atoms with Gasteiger partial charge in [0, 0.05) is 25.6 Å². The zero-order valence-electron chi connectivity index (χ0n) is 8.44. The fraction of sp³-hybridized carbons (Fsp3) is 0.400. The Hall–Kier alpha value is -0.353. The average molecular weight is 231 g/mol. The van der Waals surface area contributed by atoms with E-state index in [1.807, 2.05) is 18.2 Å². The summed E-state index contributed by atoms with van der Waals surface area (Å²) in [5.41, 5.74) is 1.41. The molecule has 0 heterocycles. The summed E-state index contributed by atoms with van der Waals surface area (Å²) < 4.78 is 10.7. The Balaban J connectivity index is 2.81. The number of halogens is 1. The lowest BCUT2D eigenvalue weighted by molar-refractivity contribution is 0.269. The lowest BCUT2D eigenvalue weighted by Crippen LogP contribution is -2.30. The molecule has 2 nitrogen and oxygen atoms in total. The molecule has 1 aromatic rings. The van der Waals surface area contributed by atoms with Gasteiger partial charge in [0.05, 0.1) is 0 Å². The third kappa shape index (κ3) is 2.82. The Morgan fingerprint density at radius 2 is 1.79 bits per heavy atom. The van der Waals surface area contributed by atoms with Crippen molar-refractivity contribution in [2.24, 2.45) is 0 Å². The first-order valence-electron chi connectivity index (χ1n) is 4.50. The van der Waals surface area contributed by atoms with Crippen molar-refractivity contribution < 1.29 is 8.85 Å². The standard InChI is InChI=1S/C10H15ClO2Si/c1-12-14(13-2)10(8-11)9-6-4-3-5-7-9/h3-7,10,14H,8H2,1-2H3. The van der Waals surface area contributed by atoms with Crippen molar-refractivity contribution >= 4 is 20.9 Å². The van der Waals surface area contributed by atoms with Crippen molar-refractivity contribution in [2.75, 3.05) is 20.1 Å². The number of hydrogen-bond donors (Lipinski definition) is 0. The first kappa shape index (κ1) is 11.7. The van der Waals surface area contributed by atoms with E-state index in [-0.39, 0.29) is 5.54 Å². The molecule has 0 fully saturated rings. The van der Waals surface area contributed by atoms with Crippen molar-refractivity contribution in [1.29, 1.82) is 0 Å². The van der Waals surface area contributed by atoms with Crippen LogP contribution in [0.25, 0.3) is 0 Å². The Morgan fingerprint density at radius 1 is 1.21 bits per heavy atom. The smallest absolute Gasteiger partial charge is 0.329 e. The van der Waals surface area contributed by atoms with Gasteiger partial charge in [-0.1, -0.05) is 30.3 Å². The molecule has 0 saturated carbocycles. The highest BCUT2D eigenvalue weighted by molar-refractivity contribution is 6.48. The number of hydrogen-bond acceptors (Lipinski definition) is 2. The van der Waals surface area contributed by atoms with E-state index in [0.29, 0.717) is 5.88 Å². The van der Waals surface area contributed by atoms with Gasteiger partial charge >= 0.3 is 9.28 Å². The summed E-state index contributed by atoms with van der Waals surface area (Å²) in [5, 5.41) is 0. The number of benzene rings is 1. The highest BCUT2D eigenvalue weighted by atomic mass is 35.5. The van der Waals surface area contributed by atoms with Crippen LogP contribution in [-0.4, -0.2) is 29.4 Å². The number of alkyl halides is 1. The summed E-state index contributed by atoms with van der Waals surface area (Å²) in [6.45, 7) is 0. The molecule has 0 aliphatic carbocycles. The Morgan fingerprint density at radius 3 is 2.21 bits per heavy atom. The van der Waals surface area contributed by atoms with Crippen molar-refractivity contribution in [2.45, 2.75) is 5.54 Å². The van der Waals surface area contributed by atoms with Gasteiger partial charge in [-0.05, 0) is 5.56 Å². The van der Waals surface area contributed by atoms with Crippen molar-refractivity contribution in [3.05, 3.63) is 35.9 Å². The molecule has 4 heteroatoms. The van der Waals surface area contributed by atoms with E-state index in [1.54, 1.807) is 14.2 Å². The molecule has 0 radical (unpaired) electrons. The summed E-state index contributed by atoms with van der Waals surface area (Å²) in [4.78, 5) is 0. The molecule has 1 atom stereocenters. The summed E-state index contributed by atoms with van der Waals surface area (Å²) in [6.07, 6.45) is 0. The molecule has 0 bridgehead atoms. The molecule has 0 aromatic heterocycles. The fourth-order valence-corrected chi connectivity index (χ4v) is 3.59. The average Bonchev–Trinajstić information content (AvgIpc) is 2.27. The van der Waals surface area contributed by atoms with Crippen molar-refractivity contribution in [3.63, 3.8) is 0 Å². The van der Waals surface area contributed by atoms with E-state index < -0.39 is 9.28 Å². The zero-order valence-corrected chi connectivity index (χ0v) is 10.4. The van der Waals surface area contributed by atoms with Crippen LogP contribution in [0.5, 0.6) is 0 Å². The quantitative estimate of drug-likeness (QED) is 0.570. The molecule has 0 amide bonds. The van der Waals surface area contributed by atoms with Crippen molar-refractivity contribution in [3.8, 4) is 0 Å². The van der Waals surface area contributed by atoms with Crippen LogP contribution in [0, 0.1) is 0 Å². The predicted molar refractivity (Wildman–Crippen MR) is 61.1 cm³/mol. The van der Waals surface area contributed by atoms with Gasteiger partial charge in [-0.2, -0.15) is 0 Å². The molecule has 1 rings (SSSR count). The molecule has 1 aromatic carbocycles. The normalized spacial score (nSPS) is 13.1. The van der Waals surface area contributed by atoms with E-state index in [1.165, 1.54) is 5.56 Å². The lowest BCUT2D eigenvalue weighted by Gasteiger charge is -2.20. The maximum absolute atomic E-state index is 5.93. The largest absolute Gasteiger partial charge is 0.400 e. The minimum Gasteiger partial charge on any atom is -0.400 e. The number of rotatable bonds is 5. The monoisotopic (exact) mass is 230 g/mol. The van der Waals surface area contributed by atoms with Crippen LogP contribution in [-0.2, 0) is 8.85 Å². The third-order valence-electron chi connectivity index (χ3n) is 2.19. The maximum Gasteiger partial charge on any atom is 0.329 e. The van der Waals surface area contributed by atoms with Crippen LogP contribution in [0.2, 0.25) is 0 Å². The third-order valence-corrected chi connectivity index (χ3v) is 5.03. The van der Waals surface area contributed by atoms with Crippen LogP contribution >= 0.6 is 11.6 Å². The van der Waals surface area contributed by atoms with Crippen LogP contribution in [0.3, 0.4) is 0 Å². The van der Waals surface area contributed by atoms with E-state index in [9.17, 15) is 0 Å². The highest BCUT2D eigenvalue weighted by Crippen LogP contribution is 2.20. The first-order chi connectivity index (χ1) is 6.83. The molecule has 14 heavy (non-hydrogen) atoms. The second-order valence-corrected chi connectivity index (χ2v) is 5.80. The molecule has 0 aliphatic heterocycles. The van der Waals surface area contributed by atoms with Gasteiger partial charge < -0.3 is 8.85 Å². The van der Waals surface area contributed by atoms with E-state index in [0.717, 1.165) is 0 Å².